The number of aryl methyl sites for hydroxylation is 2. The van der Waals surface area contributed by atoms with Crippen LogP contribution >= 0.6 is 0 Å². The molecule has 8 nitrogen and oxygen atoms in total. The number of carbonyl (C=O) groups is 2. The number of likely N-dealkylation sites (N-methyl/N-ethyl adjacent to an activating group) is 1. The van der Waals surface area contributed by atoms with E-state index < -0.39 is 0 Å². The van der Waals surface area contributed by atoms with Crippen molar-refractivity contribution in [2.24, 2.45) is 0 Å². The first-order valence-electron chi connectivity index (χ1n) is 11.5. The first-order chi connectivity index (χ1) is 15.5. The Morgan fingerprint density at radius 1 is 1.19 bits per heavy atom. The SMILES string of the molecule is CNC(=O)[C@@H]1C[C@H](Oc2ccccc2)CN1C1CCN(C(=O)CCn2cc(C)cn2)CC1. The van der Waals surface area contributed by atoms with E-state index in [2.05, 4.69) is 15.3 Å². The highest BCUT2D eigenvalue weighted by Gasteiger charge is 2.42. The largest absolute Gasteiger partial charge is 0.489 e. The Labute approximate surface area is 189 Å². The molecular weight excluding hydrogens is 406 g/mol. The van der Waals surface area contributed by atoms with Gasteiger partial charge in [-0.05, 0) is 37.5 Å². The van der Waals surface area contributed by atoms with Gasteiger partial charge in [-0.2, -0.15) is 5.10 Å². The number of amides is 2. The third-order valence-corrected chi connectivity index (χ3v) is 6.50. The fourth-order valence-electron chi connectivity index (χ4n) is 4.83. The Morgan fingerprint density at radius 3 is 2.59 bits per heavy atom. The summed E-state index contributed by atoms with van der Waals surface area (Å²) < 4.78 is 7.99. The van der Waals surface area contributed by atoms with Crippen LogP contribution in [0.2, 0.25) is 0 Å². The number of hydrogen-bond acceptors (Lipinski definition) is 5. The molecule has 4 rings (SSSR count). The second kappa shape index (κ2) is 10.2. The molecular formula is C24H33N5O3. The van der Waals surface area contributed by atoms with Gasteiger partial charge in [0.2, 0.25) is 11.8 Å². The van der Waals surface area contributed by atoms with Gasteiger partial charge >= 0.3 is 0 Å². The fourth-order valence-corrected chi connectivity index (χ4v) is 4.83. The number of aromatic nitrogens is 2. The standard InChI is InChI=1S/C24H33N5O3/c1-18-15-26-28(16-18)13-10-23(30)27-11-8-19(9-12-27)29-17-21(14-22(29)24(31)25-2)32-20-6-4-3-5-7-20/h3-7,15-16,19,21-22H,8-14,17H2,1-2H3,(H,25,31)/t21-,22-/m0/s1. The molecule has 172 valence electrons. The molecule has 2 atom stereocenters. The van der Waals surface area contributed by atoms with Crippen LogP contribution in [0.25, 0.3) is 0 Å². The molecule has 0 bridgehead atoms. The number of nitrogens with zero attached hydrogens (tertiary/aromatic N) is 4. The number of nitrogens with one attached hydrogen (secondary N) is 1. The van der Waals surface area contributed by atoms with E-state index in [0.717, 1.165) is 43.8 Å². The van der Waals surface area contributed by atoms with E-state index in [-0.39, 0.29) is 30.0 Å². The van der Waals surface area contributed by atoms with Crippen LogP contribution in [0, 0.1) is 6.92 Å². The van der Waals surface area contributed by atoms with Gasteiger partial charge in [-0.15, -0.1) is 0 Å². The lowest BCUT2D eigenvalue weighted by molar-refractivity contribution is -0.134. The molecule has 2 aliphatic rings. The Balaban J connectivity index is 1.31. The zero-order chi connectivity index (χ0) is 22.5. The summed E-state index contributed by atoms with van der Waals surface area (Å²) in [6.45, 7) is 4.78. The summed E-state index contributed by atoms with van der Waals surface area (Å²) in [5.41, 5.74) is 1.10. The minimum Gasteiger partial charge on any atom is -0.489 e. The van der Waals surface area contributed by atoms with Crippen molar-refractivity contribution >= 4 is 11.8 Å². The van der Waals surface area contributed by atoms with Gasteiger partial charge in [0.15, 0.2) is 0 Å². The second-order valence-corrected chi connectivity index (χ2v) is 8.76. The summed E-state index contributed by atoms with van der Waals surface area (Å²) in [7, 11) is 1.69. The van der Waals surface area contributed by atoms with Crippen LogP contribution in [0.5, 0.6) is 5.75 Å². The molecule has 2 fully saturated rings. The maximum atomic E-state index is 12.7. The number of para-hydroxylation sites is 1. The highest BCUT2D eigenvalue weighted by molar-refractivity contribution is 5.82. The molecule has 0 saturated carbocycles. The molecule has 0 spiro atoms. The van der Waals surface area contributed by atoms with Gasteiger partial charge in [-0.1, -0.05) is 18.2 Å². The van der Waals surface area contributed by atoms with Gasteiger partial charge < -0.3 is 15.0 Å². The lowest BCUT2D eigenvalue weighted by Gasteiger charge is -2.38. The predicted molar refractivity (Wildman–Crippen MR) is 121 cm³/mol. The summed E-state index contributed by atoms with van der Waals surface area (Å²) in [4.78, 5) is 29.5. The second-order valence-electron chi connectivity index (χ2n) is 8.76. The first-order valence-corrected chi connectivity index (χ1v) is 11.5. The minimum absolute atomic E-state index is 0.0168. The Morgan fingerprint density at radius 2 is 1.94 bits per heavy atom. The van der Waals surface area contributed by atoms with Crippen molar-refractivity contribution in [1.29, 1.82) is 0 Å². The van der Waals surface area contributed by atoms with Gasteiger partial charge in [-0.3, -0.25) is 19.2 Å². The molecule has 2 aromatic rings. The molecule has 0 unspecified atom stereocenters. The first kappa shape index (κ1) is 22.3. The van der Waals surface area contributed by atoms with Crippen molar-refractivity contribution in [1.82, 2.24) is 24.9 Å². The molecule has 3 heterocycles. The zero-order valence-electron chi connectivity index (χ0n) is 18.9. The molecule has 2 saturated heterocycles. The quantitative estimate of drug-likeness (QED) is 0.712. The van der Waals surface area contributed by atoms with Gasteiger partial charge in [0.25, 0.3) is 0 Å². The third-order valence-electron chi connectivity index (χ3n) is 6.50. The molecule has 32 heavy (non-hydrogen) atoms. The molecule has 1 N–H and O–H groups in total. The molecule has 0 radical (unpaired) electrons. The van der Waals surface area contributed by atoms with Gasteiger partial charge in [0, 0.05) is 58.3 Å². The highest BCUT2D eigenvalue weighted by atomic mass is 16.5. The summed E-state index contributed by atoms with van der Waals surface area (Å²) in [6, 6.07) is 9.87. The van der Waals surface area contributed by atoms with E-state index in [1.807, 2.05) is 59.2 Å². The van der Waals surface area contributed by atoms with Crippen LogP contribution in [-0.2, 0) is 16.1 Å². The topological polar surface area (TPSA) is 79.7 Å². The summed E-state index contributed by atoms with van der Waals surface area (Å²) in [5, 5.41) is 7.07. The number of rotatable bonds is 7. The van der Waals surface area contributed by atoms with Crippen LogP contribution in [0.4, 0.5) is 0 Å². The summed E-state index contributed by atoms with van der Waals surface area (Å²) >= 11 is 0. The number of likely N-dealkylation sites (tertiary alicyclic amines) is 2. The van der Waals surface area contributed by atoms with E-state index >= 15 is 0 Å². The average molecular weight is 440 g/mol. The van der Waals surface area contributed by atoms with Gasteiger partial charge in [0.05, 0.1) is 12.2 Å². The Bertz CT molecular complexity index is 907. The number of piperidine rings is 1. The number of carbonyl (C=O) groups excluding carboxylic acids is 2. The lowest BCUT2D eigenvalue weighted by Crippen LogP contribution is -2.51. The zero-order valence-corrected chi connectivity index (χ0v) is 18.9. The lowest BCUT2D eigenvalue weighted by atomic mass is 10.0. The Kier molecular flexibility index (Phi) is 7.09. The number of benzene rings is 1. The van der Waals surface area contributed by atoms with E-state index in [1.165, 1.54) is 0 Å². The van der Waals surface area contributed by atoms with E-state index in [0.29, 0.717) is 19.4 Å². The molecule has 2 aliphatic heterocycles. The van der Waals surface area contributed by atoms with Gasteiger partial charge in [-0.25, -0.2) is 0 Å². The minimum atomic E-state index is -0.191. The predicted octanol–water partition coefficient (Wildman–Crippen LogP) is 1.84. The average Bonchev–Trinajstić information content (AvgIpc) is 3.43. The van der Waals surface area contributed by atoms with Crippen molar-refractivity contribution in [3.8, 4) is 5.75 Å². The smallest absolute Gasteiger partial charge is 0.237 e. The molecule has 1 aromatic carbocycles. The third kappa shape index (κ3) is 5.30. The fraction of sp³-hybridized carbons (Fsp3) is 0.542. The maximum Gasteiger partial charge on any atom is 0.237 e. The van der Waals surface area contributed by atoms with Crippen LogP contribution < -0.4 is 10.1 Å². The van der Waals surface area contributed by atoms with Crippen molar-refractivity contribution < 1.29 is 14.3 Å². The van der Waals surface area contributed by atoms with Crippen LogP contribution in [0.15, 0.2) is 42.7 Å². The molecule has 0 aliphatic carbocycles. The summed E-state index contributed by atoms with van der Waals surface area (Å²) in [5.74, 6) is 1.05. The van der Waals surface area contributed by atoms with E-state index in [9.17, 15) is 9.59 Å². The van der Waals surface area contributed by atoms with Crippen molar-refractivity contribution in [3.63, 3.8) is 0 Å². The van der Waals surface area contributed by atoms with E-state index in [4.69, 9.17) is 4.74 Å². The van der Waals surface area contributed by atoms with E-state index in [1.54, 1.807) is 7.05 Å². The Hall–Kier alpha value is -2.87. The normalized spacial score (nSPS) is 22.1. The maximum absolute atomic E-state index is 12.7. The monoisotopic (exact) mass is 439 g/mol. The van der Waals surface area contributed by atoms with Crippen LogP contribution in [0.1, 0.15) is 31.2 Å². The highest BCUT2D eigenvalue weighted by Crippen LogP contribution is 2.29. The summed E-state index contributed by atoms with van der Waals surface area (Å²) in [6.07, 6.45) is 6.64. The molecule has 1 aromatic heterocycles. The number of hydrogen-bond donors (Lipinski definition) is 1. The van der Waals surface area contributed by atoms with Crippen LogP contribution in [0.3, 0.4) is 0 Å². The molecule has 2 amide bonds. The van der Waals surface area contributed by atoms with Crippen molar-refractivity contribution in [2.45, 2.75) is 57.3 Å². The molecule has 8 heteroatoms. The number of ether oxygens (including phenoxy) is 1. The van der Waals surface area contributed by atoms with Crippen LogP contribution in [-0.4, -0.2) is 76.3 Å². The van der Waals surface area contributed by atoms with Gasteiger partial charge in [0.1, 0.15) is 11.9 Å². The van der Waals surface area contributed by atoms with Crippen molar-refractivity contribution in [2.75, 3.05) is 26.7 Å². The van der Waals surface area contributed by atoms with Crippen molar-refractivity contribution in [3.05, 3.63) is 48.3 Å².